The Bertz CT molecular complexity index is 1270. The highest BCUT2D eigenvalue weighted by atomic mass is 32.2. The van der Waals surface area contributed by atoms with Crippen molar-refractivity contribution in [3.8, 4) is 5.75 Å². The van der Waals surface area contributed by atoms with Gasteiger partial charge in [0.05, 0.1) is 10.6 Å². The first-order chi connectivity index (χ1) is 14.4. The molecule has 0 heterocycles. The summed E-state index contributed by atoms with van der Waals surface area (Å²) in [5.74, 6) is -2.05. The standard InChI is InChI=1S/C17H12N2O7S.C2H4O2/c20-14-9-15(27(24,25)26)12-3-1-2-4-13(12)16(14)18-17(21)10-5-7-11(8-6-10)19(22)23;1-2(3)4/h1-9,20H,(H,18,21)(H,24,25,26);1H3,(H,3,4). The second-order valence-corrected chi connectivity index (χ2v) is 7.46. The zero-order chi connectivity index (χ0) is 23.3. The number of fused-ring (bicyclic) bond motifs is 1. The minimum atomic E-state index is -4.60. The lowest BCUT2D eigenvalue weighted by molar-refractivity contribution is -0.384. The number of benzene rings is 3. The molecule has 31 heavy (non-hydrogen) atoms. The number of nitrogens with one attached hydrogen (secondary N) is 1. The molecule has 12 heteroatoms. The number of non-ortho nitro benzene ring substituents is 1. The van der Waals surface area contributed by atoms with Gasteiger partial charge >= 0.3 is 0 Å². The number of phenolic OH excluding ortho intramolecular Hbond substituents is 1. The van der Waals surface area contributed by atoms with E-state index in [0.717, 1.165) is 25.1 Å². The van der Waals surface area contributed by atoms with Crippen LogP contribution in [0, 0.1) is 10.1 Å². The van der Waals surface area contributed by atoms with E-state index in [1.54, 1.807) is 6.07 Å². The van der Waals surface area contributed by atoms with Crippen molar-refractivity contribution in [2.24, 2.45) is 0 Å². The number of hydrogen-bond donors (Lipinski definition) is 4. The molecule has 0 aliphatic carbocycles. The van der Waals surface area contributed by atoms with Gasteiger partial charge in [-0.15, -0.1) is 0 Å². The average molecular weight is 448 g/mol. The third-order valence-corrected chi connectivity index (χ3v) is 4.74. The molecule has 0 saturated carbocycles. The zero-order valence-electron chi connectivity index (χ0n) is 15.8. The van der Waals surface area contributed by atoms with Crippen LogP contribution in [0.1, 0.15) is 17.3 Å². The van der Waals surface area contributed by atoms with Crippen molar-refractivity contribution < 1.29 is 37.7 Å². The van der Waals surface area contributed by atoms with E-state index in [2.05, 4.69) is 5.32 Å². The van der Waals surface area contributed by atoms with E-state index in [1.807, 2.05) is 0 Å². The zero-order valence-corrected chi connectivity index (χ0v) is 16.7. The number of aliphatic carboxylic acids is 1. The van der Waals surface area contributed by atoms with Gasteiger partial charge in [-0.25, -0.2) is 0 Å². The first-order valence-electron chi connectivity index (χ1n) is 8.39. The topological polar surface area (TPSA) is 184 Å². The number of rotatable bonds is 4. The van der Waals surface area contributed by atoms with Gasteiger partial charge < -0.3 is 15.5 Å². The smallest absolute Gasteiger partial charge is 0.300 e. The van der Waals surface area contributed by atoms with Gasteiger partial charge in [0.1, 0.15) is 10.6 Å². The molecule has 0 radical (unpaired) electrons. The number of carboxylic acid groups (broad SMARTS) is 1. The number of nitrogens with zero attached hydrogens (tertiary/aromatic N) is 1. The van der Waals surface area contributed by atoms with E-state index in [9.17, 15) is 33.0 Å². The maximum atomic E-state index is 12.4. The van der Waals surface area contributed by atoms with Gasteiger partial charge in [0.15, 0.2) is 0 Å². The fraction of sp³-hybridized carbons (Fsp3) is 0.0526. The fourth-order valence-electron chi connectivity index (χ4n) is 2.59. The van der Waals surface area contributed by atoms with Crippen molar-refractivity contribution >= 4 is 44.1 Å². The quantitative estimate of drug-likeness (QED) is 0.201. The molecule has 0 fully saturated rings. The summed E-state index contributed by atoms with van der Waals surface area (Å²) in [5.41, 5.74) is -0.137. The molecule has 162 valence electrons. The lowest BCUT2D eigenvalue weighted by Crippen LogP contribution is -2.13. The molecule has 4 N–H and O–H groups in total. The molecule has 0 aliphatic heterocycles. The number of phenols is 1. The first kappa shape index (κ1) is 23.3. The number of aromatic hydroxyl groups is 1. The van der Waals surface area contributed by atoms with Crippen LogP contribution >= 0.6 is 0 Å². The lowest BCUT2D eigenvalue weighted by atomic mass is 10.1. The number of hydrogen-bond acceptors (Lipinski definition) is 7. The van der Waals surface area contributed by atoms with E-state index >= 15 is 0 Å². The van der Waals surface area contributed by atoms with Gasteiger partial charge in [0.25, 0.3) is 27.7 Å². The van der Waals surface area contributed by atoms with Gasteiger partial charge in [-0.1, -0.05) is 24.3 Å². The Labute approximate surface area is 175 Å². The van der Waals surface area contributed by atoms with Crippen molar-refractivity contribution in [1.29, 1.82) is 0 Å². The molecular formula is C19H16N2O9S. The molecule has 0 spiro atoms. The van der Waals surface area contributed by atoms with Gasteiger partial charge in [0, 0.05) is 41.5 Å². The van der Waals surface area contributed by atoms with Gasteiger partial charge in [0.2, 0.25) is 0 Å². The highest BCUT2D eigenvalue weighted by Gasteiger charge is 2.21. The summed E-state index contributed by atoms with van der Waals surface area (Å²) >= 11 is 0. The van der Waals surface area contributed by atoms with Crippen molar-refractivity contribution in [1.82, 2.24) is 0 Å². The Morgan fingerprint density at radius 1 is 1.03 bits per heavy atom. The summed E-state index contributed by atoms with van der Waals surface area (Å²) in [6.07, 6.45) is 0. The maximum absolute atomic E-state index is 12.4. The average Bonchev–Trinajstić information content (AvgIpc) is 2.68. The Hall–Kier alpha value is -4.03. The largest absolute Gasteiger partial charge is 0.506 e. The molecule has 0 unspecified atom stereocenters. The number of amides is 1. The van der Waals surface area contributed by atoms with Crippen LogP contribution in [0.15, 0.2) is 59.5 Å². The normalized spacial score (nSPS) is 10.6. The molecule has 3 aromatic carbocycles. The lowest BCUT2D eigenvalue weighted by Gasteiger charge is -2.13. The summed E-state index contributed by atoms with van der Waals surface area (Å²) < 4.78 is 32.4. The van der Waals surface area contributed by atoms with Crippen molar-refractivity contribution in [3.63, 3.8) is 0 Å². The number of carboxylic acids is 1. The van der Waals surface area contributed by atoms with E-state index < -0.39 is 37.6 Å². The van der Waals surface area contributed by atoms with Gasteiger partial charge in [-0.05, 0) is 12.1 Å². The van der Waals surface area contributed by atoms with E-state index in [-0.39, 0.29) is 27.7 Å². The van der Waals surface area contributed by atoms with Crippen LogP contribution < -0.4 is 5.32 Å². The number of anilines is 1. The van der Waals surface area contributed by atoms with E-state index in [0.29, 0.717) is 0 Å². The van der Waals surface area contributed by atoms with Crippen LogP contribution in [0.2, 0.25) is 0 Å². The fourth-order valence-corrected chi connectivity index (χ4v) is 3.31. The molecule has 0 atom stereocenters. The molecule has 0 aliphatic rings. The number of nitro benzene ring substituents is 1. The Morgan fingerprint density at radius 2 is 1.55 bits per heavy atom. The molecule has 3 rings (SSSR count). The number of carbonyl (C=O) groups is 2. The second-order valence-electron chi connectivity index (χ2n) is 6.07. The van der Waals surface area contributed by atoms with Crippen molar-refractivity contribution in [2.75, 3.05) is 5.32 Å². The summed E-state index contributed by atoms with van der Waals surface area (Å²) in [6, 6.07) is 11.6. The Kier molecular flexibility index (Phi) is 6.89. The summed E-state index contributed by atoms with van der Waals surface area (Å²) in [4.78, 5) is 31.0. The highest BCUT2D eigenvalue weighted by molar-refractivity contribution is 7.86. The predicted molar refractivity (Wildman–Crippen MR) is 110 cm³/mol. The minimum Gasteiger partial charge on any atom is -0.506 e. The molecule has 0 saturated heterocycles. The van der Waals surface area contributed by atoms with E-state index in [1.165, 1.54) is 30.3 Å². The SMILES string of the molecule is CC(=O)O.O=C(Nc1c(O)cc(S(=O)(=O)O)c2ccccc12)c1ccc([N+](=O)[O-])cc1. The molecule has 3 aromatic rings. The van der Waals surface area contributed by atoms with Gasteiger partial charge in [-0.3, -0.25) is 24.3 Å². The van der Waals surface area contributed by atoms with Crippen LogP contribution in [0.4, 0.5) is 11.4 Å². The minimum absolute atomic E-state index is 0.0543. The predicted octanol–water partition coefficient (Wildman–Crippen LogP) is 3.04. The molecule has 11 nitrogen and oxygen atoms in total. The molecule has 0 aromatic heterocycles. The number of carbonyl (C=O) groups excluding carboxylic acids is 1. The Balaban J connectivity index is 0.000000785. The Morgan fingerprint density at radius 3 is 2.03 bits per heavy atom. The van der Waals surface area contributed by atoms with Crippen LogP contribution in [0.5, 0.6) is 5.75 Å². The van der Waals surface area contributed by atoms with Crippen LogP contribution in [-0.4, -0.2) is 40.0 Å². The summed E-state index contributed by atoms with van der Waals surface area (Å²) in [6.45, 7) is 1.08. The molecule has 0 bridgehead atoms. The van der Waals surface area contributed by atoms with Crippen LogP contribution in [0.25, 0.3) is 10.8 Å². The summed E-state index contributed by atoms with van der Waals surface area (Å²) in [5, 5.41) is 31.0. The van der Waals surface area contributed by atoms with Crippen LogP contribution in [0.3, 0.4) is 0 Å². The third kappa shape index (κ3) is 5.74. The maximum Gasteiger partial charge on any atom is 0.300 e. The van der Waals surface area contributed by atoms with Crippen molar-refractivity contribution in [3.05, 3.63) is 70.3 Å². The van der Waals surface area contributed by atoms with E-state index in [4.69, 9.17) is 9.90 Å². The number of nitro groups is 1. The molecule has 1 amide bonds. The second kappa shape index (κ2) is 9.19. The monoisotopic (exact) mass is 448 g/mol. The van der Waals surface area contributed by atoms with Crippen LogP contribution in [-0.2, 0) is 14.9 Å². The summed E-state index contributed by atoms with van der Waals surface area (Å²) in [7, 11) is -4.60. The third-order valence-electron chi connectivity index (χ3n) is 3.84. The van der Waals surface area contributed by atoms with Gasteiger partial charge in [-0.2, -0.15) is 8.42 Å². The highest BCUT2D eigenvalue weighted by Crippen LogP contribution is 2.37. The first-order valence-corrected chi connectivity index (χ1v) is 9.83. The molecular weight excluding hydrogens is 432 g/mol. The van der Waals surface area contributed by atoms with Crippen molar-refractivity contribution in [2.45, 2.75) is 11.8 Å².